The lowest BCUT2D eigenvalue weighted by Crippen LogP contribution is -2.30. The average molecular weight is 437 g/mol. The van der Waals surface area contributed by atoms with E-state index in [2.05, 4.69) is 15.0 Å². The van der Waals surface area contributed by atoms with Crippen molar-refractivity contribution in [2.75, 3.05) is 7.05 Å². The van der Waals surface area contributed by atoms with E-state index in [1.165, 1.54) is 31.3 Å². The molecule has 152 valence electrons. The molecule has 0 aliphatic carbocycles. The van der Waals surface area contributed by atoms with E-state index in [1.54, 1.807) is 0 Å². The van der Waals surface area contributed by atoms with E-state index in [0.29, 0.717) is 5.56 Å². The molecule has 0 fully saturated rings. The first-order chi connectivity index (χ1) is 12.9. The van der Waals surface area contributed by atoms with E-state index in [0.717, 1.165) is 18.3 Å². The Morgan fingerprint density at radius 3 is 2.39 bits per heavy atom. The minimum absolute atomic E-state index is 0.0801. The number of rotatable bonds is 6. The van der Waals surface area contributed by atoms with Crippen molar-refractivity contribution < 1.29 is 34.8 Å². The lowest BCUT2D eigenvalue weighted by Gasteiger charge is -2.12. The molecular weight excluding hydrogens is 423 g/mol. The molecular formula is C15H14F3N3O5S2. The monoisotopic (exact) mass is 437 g/mol. The fourth-order valence-electron chi connectivity index (χ4n) is 2.11. The normalized spacial score (nSPS) is 12.6. The van der Waals surface area contributed by atoms with Crippen LogP contribution in [-0.2, 0) is 26.4 Å². The van der Waals surface area contributed by atoms with Crippen molar-refractivity contribution in [3.8, 4) is 0 Å². The van der Waals surface area contributed by atoms with Gasteiger partial charge in [0, 0.05) is 12.7 Å². The number of alkyl halides is 3. The number of halogens is 3. The van der Waals surface area contributed by atoms with Crippen LogP contribution in [0.25, 0.3) is 0 Å². The van der Waals surface area contributed by atoms with Crippen molar-refractivity contribution in [1.82, 2.24) is 15.0 Å². The van der Waals surface area contributed by atoms with Crippen LogP contribution in [0.1, 0.15) is 15.9 Å². The fourth-order valence-corrected chi connectivity index (χ4v) is 3.77. The highest BCUT2D eigenvalue weighted by molar-refractivity contribution is 7.92. The summed E-state index contributed by atoms with van der Waals surface area (Å²) in [5.74, 6) is -1.11. The predicted molar refractivity (Wildman–Crippen MR) is 91.3 cm³/mol. The van der Waals surface area contributed by atoms with Gasteiger partial charge in [0.15, 0.2) is 5.03 Å². The Bertz CT molecular complexity index is 1100. The number of sulfone groups is 1. The number of carbonyl (C=O) groups is 1. The van der Waals surface area contributed by atoms with Gasteiger partial charge in [-0.2, -0.15) is 13.2 Å². The summed E-state index contributed by atoms with van der Waals surface area (Å²) in [5, 5.41) is 0.839. The number of sulfonamides is 1. The molecule has 0 unspecified atom stereocenters. The lowest BCUT2D eigenvalue weighted by atomic mass is 10.2. The second-order valence-corrected chi connectivity index (χ2v) is 9.09. The summed E-state index contributed by atoms with van der Waals surface area (Å²) in [7, 11) is -8.34. The van der Waals surface area contributed by atoms with Crippen LogP contribution in [0.2, 0.25) is 0 Å². The second-order valence-electron chi connectivity index (χ2n) is 5.34. The van der Waals surface area contributed by atoms with Crippen molar-refractivity contribution in [2.24, 2.45) is 0 Å². The SMILES string of the molecule is CNS(=O)(=O)c1cccc(CNC(=O)c2cccnc2S(=O)(=O)C(F)(F)F)c1. The predicted octanol–water partition coefficient (Wildman–Crippen LogP) is 1.21. The van der Waals surface area contributed by atoms with Gasteiger partial charge in [-0.1, -0.05) is 12.1 Å². The Morgan fingerprint density at radius 1 is 1.11 bits per heavy atom. The maximum atomic E-state index is 12.8. The smallest absolute Gasteiger partial charge is 0.348 e. The number of hydrogen-bond acceptors (Lipinski definition) is 6. The van der Waals surface area contributed by atoms with Gasteiger partial charge < -0.3 is 5.32 Å². The molecule has 2 aromatic rings. The molecule has 0 saturated heterocycles. The van der Waals surface area contributed by atoms with Gasteiger partial charge in [0.25, 0.3) is 15.7 Å². The van der Waals surface area contributed by atoms with Crippen molar-refractivity contribution in [3.63, 3.8) is 0 Å². The van der Waals surface area contributed by atoms with Crippen LogP contribution in [0.5, 0.6) is 0 Å². The van der Waals surface area contributed by atoms with Gasteiger partial charge in [0.2, 0.25) is 10.0 Å². The zero-order valence-electron chi connectivity index (χ0n) is 14.2. The second kappa shape index (κ2) is 7.85. The van der Waals surface area contributed by atoms with Crippen molar-refractivity contribution in [2.45, 2.75) is 22.0 Å². The molecule has 0 saturated carbocycles. The molecule has 2 rings (SSSR count). The molecule has 0 atom stereocenters. The maximum Gasteiger partial charge on any atom is 0.503 e. The third-order valence-electron chi connectivity index (χ3n) is 3.51. The van der Waals surface area contributed by atoms with Crippen LogP contribution in [0.3, 0.4) is 0 Å². The molecule has 8 nitrogen and oxygen atoms in total. The summed E-state index contributed by atoms with van der Waals surface area (Å²) in [6, 6.07) is 7.46. The van der Waals surface area contributed by atoms with E-state index in [9.17, 15) is 34.8 Å². The Labute approximate surface area is 158 Å². The zero-order valence-corrected chi connectivity index (χ0v) is 15.8. The summed E-state index contributed by atoms with van der Waals surface area (Å²) in [6.45, 7) is -0.258. The standard InChI is InChI=1S/C15H14F3N3O5S2/c1-19-28(25,26)11-5-2-4-10(8-11)9-21-13(22)12-6-3-7-20-14(12)27(23,24)15(16,17)18/h2-8,19H,9H2,1H3,(H,21,22). The van der Waals surface area contributed by atoms with E-state index >= 15 is 0 Å². The molecule has 1 heterocycles. The van der Waals surface area contributed by atoms with Crippen molar-refractivity contribution in [3.05, 3.63) is 53.7 Å². The Kier molecular flexibility index (Phi) is 6.11. The van der Waals surface area contributed by atoms with Crippen LogP contribution in [0, 0.1) is 0 Å². The van der Waals surface area contributed by atoms with Crippen molar-refractivity contribution in [1.29, 1.82) is 0 Å². The molecule has 1 aromatic heterocycles. The van der Waals surface area contributed by atoms with E-state index in [1.807, 2.05) is 0 Å². The van der Waals surface area contributed by atoms with Gasteiger partial charge in [0.1, 0.15) is 0 Å². The highest BCUT2D eigenvalue weighted by Gasteiger charge is 2.49. The van der Waals surface area contributed by atoms with E-state index in [4.69, 9.17) is 0 Å². The first-order valence-electron chi connectivity index (χ1n) is 7.47. The fraction of sp³-hybridized carbons (Fsp3) is 0.200. The highest BCUT2D eigenvalue weighted by Crippen LogP contribution is 2.30. The van der Waals surface area contributed by atoms with Crippen LogP contribution in [0.15, 0.2) is 52.5 Å². The summed E-state index contributed by atoms with van der Waals surface area (Å²) >= 11 is 0. The molecule has 0 radical (unpaired) electrons. The summed E-state index contributed by atoms with van der Waals surface area (Å²) < 4.78 is 87.2. The number of benzene rings is 1. The minimum atomic E-state index is -5.82. The number of nitrogens with zero attached hydrogens (tertiary/aromatic N) is 1. The van der Waals surface area contributed by atoms with Crippen LogP contribution < -0.4 is 10.0 Å². The zero-order chi connectivity index (χ0) is 21.2. The largest absolute Gasteiger partial charge is 0.503 e. The molecule has 0 bridgehead atoms. The van der Waals surface area contributed by atoms with Gasteiger partial charge in [0.05, 0.1) is 10.5 Å². The first-order valence-corrected chi connectivity index (χ1v) is 10.4. The summed E-state index contributed by atoms with van der Waals surface area (Å²) in [4.78, 5) is 15.4. The van der Waals surface area contributed by atoms with Crippen LogP contribution in [0.4, 0.5) is 13.2 Å². The van der Waals surface area contributed by atoms with E-state index < -0.39 is 41.9 Å². The van der Waals surface area contributed by atoms with E-state index in [-0.39, 0.29) is 11.4 Å². The van der Waals surface area contributed by atoms with Crippen molar-refractivity contribution >= 4 is 25.8 Å². The number of nitrogens with one attached hydrogen (secondary N) is 2. The van der Waals surface area contributed by atoms with Crippen LogP contribution in [-0.4, -0.2) is 40.3 Å². The molecule has 2 N–H and O–H groups in total. The molecule has 13 heteroatoms. The van der Waals surface area contributed by atoms with Gasteiger partial charge in [-0.05, 0) is 36.9 Å². The third kappa shape index (κ3) is 4.48. The molecule has 28 heavy (non-hydrogen) atoms. The molecule has 0 aliphatic heterocycles. The lowest BCUT2D eigenvalue weighted by molar-refractivity contribution is -0.0438. The summed E-state index contributed by atoms with van der Waals surface area (Å²) in [5.41, 5.74) is -6.07. The summed E-state index contributed by atoms with van der Waals surface area (Å²) in [6.07, 6.45) is 0.821. The Hall–Kier alpha value is -2.51. The molecule has 0 spiro atoms. The molecule has 0 aliphatic rings. The Balaban J connectivity index is 2.28. The third-order valence-corrected chi connectivity index (χ3v) is 6.36. The number of carbonyl (C=O) groups excluding carboxylic acids is 1. The first kappa shape index (κ1) is 21.8. The molecule has 1 aromatic carbocycles. The maximum absolute atomic E-state index is 12.8. The highest BCUT2D eigenvalue weighted by atomic mass is 32.2. The molecule has 1 amide bonds. The number of pyridine rings is 1. The van der Waals surface area contributed by atoms with Gasteiger partial charge >= 0.3 is 5.51 Å². The topological polar surface area (TPSA) is 122 Å². The quantitative estimate of drug-likeness (QED) is 0.701. The minimum Gasteiger partial charge on any atom is -0.348 e. The number of hydrogen-bond donors (Lipinski definition) is 2. The van der Waals surface area contributed by atoms with Gasteiger partial charge in [-0.3, -0.25) is 4.79 Å². The Morgan fingerprint density at radius 2 is 1.79 bits per heavy atom. The number of aromatic nitrogens is 1. The number of amides is 1. The van der Waals surface area contributed by atoms with Crippen LogP contribution >= 0.6 is 0 Å². The van der Waals surface area contributed by atoms with Gasteiger partial charge in [-0.15, -0.1) is 0 Å². The average Bonchev–Trinajstić information content (AvgIpc) is 2.65. The van der Waals surface area contributed by atoms with Gasteiger partial charge in [-0.25, -0.2) is 26.5 Å².